The Kier molecular flexibility index (Phi) is 6.39. The fourth-order valence-electron chi connectivity index (χ4n) is 2.71. The molecule has 2 rings (SSSR count). The van der Waals surface area contributed by atoms with Crippen molar-refractivity contribution in [2.45, 2.75) is 32.9 Å². The van der Waals surface area contributed by atoms with Crippen LogP contribution in [0.1, 0.15) is 44.0 Å². The van der Waals surface area contributed by atoms with Crippen LogP contribution < -0.4 is 15.4 Å². The van der Waals surface area contributed by atoms with Gasteiger partial charge in [0.2, 0.25) is 0 Å². The number of benzene rings is 2. The lowest BCUT2D eigenvalue weighted by Gasteiger charge is -2.24. The predicted molar refractivity (Wildman–Crippen MR) is 97.1 cm³/mol. The number of hydrogen-bond acceptors (Lipinski definition) is 2. The van der Waals surface area contributed by atoms with Gasteiger partial charge >= 0.3 is 6.03 Å². The van der Waals surface area contributed by atoms with Gasteiger partial charge in [-0.3, -0.25) is 0 Å². The molecule has 2 atom stereocenters. The lowest BCUT2D eigenvalue weighted by Crippen LogP contribution is -2.40. The fourth-order valence-corrected chi connectivity index (χ4v) is 2.71. The molecule has 134 valence electrons. The minimum atomic E-state index is -0.446. The minimum absolute atomic E-state index is 0.0963. The Morgan fingerprint density at radius 2 is 1.68 bits per heavy atom. The molecule has 0 aliphatic rings. The monoisotopic (exact) mass is 344 g/mol. The first-order valence-electron chi connectivity index (χ1n) is 8.37. The van der Waals surface area contributed by atoms with E-state index in [2.05, 4.69) is 24.5 Å². The van der Waals surface area contributed by atoms with Crippen LogP contribution in [0.15, 0.2) is 48.5 Å². The number of hydrogen-bond donors (Lipinski definition) is 2. The van der Waals surface area contributed by atoms with Crippen molar-refractivity contribution in [3.63, 3.8) is 0 Å². The van der Waals surface area contributed by atoms with Crippen LogP contribution in [-0.2, 0) is 0 Å². The van der Waals surface area contributed by atoms with E-state index in [9.17, 15) is 9.18 Å². The van der Waals surface area contributed by atoms with Crippen LogP contribution in [0, 0.1) is 11.7 Å². The molecule has 5 heteroatoms. The van der Waals surface area contributed by atoms with Gasteiger partial charge in [-0.25, -0.2) is 9.18 Å². The number of amides is 2. The normalized spacial score (nSPS) is 13.2. The van der Waals surface area contributed by atoms with Crippen molar-refractivity contribution in [2.75, 3.05) is 7.11 Å². The molecule has 4 nitrogen and oxygen atoms in total. The molecular weight excluding hydrogens is 319 g/mol. The number of methoxy groups -OCH3 is 1. The third-order valence-corrected chi connectivity index (χ3v) is 4.14. The second-order valence-corrected chi connectivity index (χ2v) is 6.37. The van der Waals surface area contributed by atoms with E-state index < -0.39 is 5.82 Å². The molecule has 0 fully saturated rings. The number of nitrogens with one attached hydrogen (secondary N) is 2. The SMILES string of the molecule is COc1ccc([C@@H](C)NC(=O)N[C@@H](c2ccccc2)C(C)C)cc1F. The fraction of sp³-hybridized carbons (Fsp3) is 0.350. The molecule has 2 N–H and O–H groups in total. The van der Waals surface area contributed by atoms with E-state index in [0.29, 0.717) is 5.56 Å². The molecule has 0 bridgehead atoms. The zero-order chi connectivity index (χ0) is 18.4. The van der Waals surface area contributed by atoms with Crippen LogP contribution in [0.3, 0.4) is 0 Å². The Balaban J connectivity index is 2.04. The number of rotatable bonds is 6. The van der Waals surface area contributed by atoms with Crippen molar-refractivity contribution < 1.29 is 13.9 Å². The van der Waals surface area contributed by atoms with Gasteiger partial charge < -0.3 is 15.4 Å². The molecule has 0 radical (unpaired) electrons. The maximum absolute atomic E-state index is 13.8. The molecule has 0 spiro atoms. The topological polar surface area (TPSA) is 50.4 Å². The Labute approximate surface area is 148 Å². The van der Waals surface area contributed by atoms with E-state index in [-0.39, 0.29) is 29.8 Å². The van der Waals surface area contributed by atoms with Gasteiger partial charge in [-0.1, -0.05) is 50.2 Å². The van der Waals surface area contributed by atoms with Crippen molar-refractivity contribution in [1.82, 2.24) is 10.6 Å². The van der Waals surface area contributed by atoms with E-state index in [1.807, 2.05) is 37.3 Å². The molecule has 0 aromatic heterocycles. The van der Waals surface area contributed by atoms with Crippen LogP contribution in [0.4, 0.5) is 9.18 Å². The molecule has 2 amide bonds. The van der Waals surface area contributed by atoms with Crippen molar-refractivity contribution in [3.8, 4) is 5.75 Å². The van der Waals surface area contributed by atoms with Gasteiger partial charge in [0, 0.05) is 0 Å². The van der Waals surface area contributed by atoms with Crippen LogP contribution in [0.25, 0.3) is 0 Å². The number of urea groups is 1. The summed E-state index contributed by atoms with van der Waals surface area (Å²) in [6.07, 6.45) is 0. The Morgan fingerprint density at radius 1 is 1.00 bits per heavy atom. The number of ether oxygens (including phenoxy) is 1. The van der Waals surface area contributed by atoms with E-state index in [1.54, 1.807) is 12.1 Å². The molecular formula is C20H25FN2O2. The van der Waals surface area contributed by atoms with Crippen molar-refractivity contribution >= 4 is 6.03 Å². The molecule has 0 aliphatic heterocycles. The number of halogens is 1. The van der Waals surface area contributed by atoms with Crippen molar-refractivity contribution in [3.05, 3.63) is 65.5 Å². The molecule has 0 unspecified atom stereocenters. The highest BCUT2D eigenvalue weighted by molar-refractivity contribution is 5.75. The third-order valence-electron chi connectivity index (χ3n) is 4.14. The van der Waals surface area contributed by atoms with E-state index in [4.69, 9.17) is 4.74 Å². The molecule has 25 heavy (non-hydrogen) atoms. The van der Waals surface area contributed by atoms with Crippen molar-refractivity contribution in [1.29, 1.82) is 0 Å². The second kappa shape index (κ2) is 8.51. The smallest absolute Gasteiger partial charge is 0.315 e. The summed E-state index contributed by atoms with van der Waals surface area (Å²) in [5, 5.41) is 5.86. The van der Waals surface area contributed by atoms with Gasteiger partial charge in [0.25, 0.3) is 0 Å². The Bertz CT molecular complexity index is 704. The summed E-state index contributed by atoms with van der Waals surface area (Å²) in [6.45, 7) is 5.92. The van der Waals surface area contributed by atoms with Crippen LogP contribution in [0.5, 0.6) is 5.75 Å². The molecule has 0 aliphatic carbocycles. The Morgan fingerprint density at radius 3 is 2.24 bits per heavy atom. The van der Waals surface area contributed by atoms with Gasteiger partial charge in [0.1, 0.15) is 0 Å². The van der Waals surface area contributed by atoms with E-state index in [0.717, 1.165) is 5.56 Å². The van der Waals surface area contributed by atoms with Crippen LogP contribution in [-0.4, -0.2) is 13.1 Å². The summed E-state index contributed by atoms with van der Waals surface area (Å²) in [4.78, 5) is 12.4. The molecule has 0 saturated carbocycles. The number of carbonyl (C=O) groups excluding carboxylic acids is 1. The van der Waals surface area contributed by atoms with Gasteiger partial charge in [-0.2, -0.15) is 0 Å². The highest BCUT2D eigenvalue weighted by Crippen LogP contribution is 2.23. The lowest BCUT2D eigenvalue weighted by atomic mass is 9.96. The molecule has 2 aromatic rings. The molecule has 2 aromatic carbocycles. The summed E-state index contributed by atoms with van der Waals surface area (Å²) >= 11 is 0. The summed E-state index contributed by atoms with van der Waals surface area (Å²) in [7, 11) is 1.42. The van der Waals surface area contributed by atoms with Crippen molar-refractivity contribution in [2.24, 2.45) is 5.92 Å². The lowest BCUT2D eigenvalue weighted by molar-refractivity contribution is 0.230. The first-order valence-corrected chi connectivity index (χ1v) is 8.37. The van der Waals surface area contributed by atoms with E-state index >= 15 is 0 Å². The van der Waals surface area contributed by atoms with Gasteiger partial charge in [0.05, 0.1) is 19.2 Å². The highest BCUT2D eigenvalue weighted by atomic mass is 19.1. The quantitative estimate of drug-likeness (QED) is 0.805. The van der Waals surface area contributed by atoms with Gasteiger partial charge in [-0.05, 0) is 36.1 Å². The Hall–Kier alpha value is -2.56. The van der Waals surface area contributed by atoms with E-state index in [1.165, 1.54) is 13.2 Å². The zero-order valence-electron chi connectivity index (χ0n) is 15.0. The predicted octanol–water partition coefficient (Wildman–Crippen LogP) is 4.59. The highest BCUT2D eigenvalue weighted by Gasteiger charge is 2.19. The molecule has 0 saturated heterocycles. The number of carbonyl (C=O) groups is 1. The first kappa shape index (κ1) is 18.8. The van der Waals surface area contributed by atoms with Gasteiger partial charge in [0.15, 0.2) is 11.6 Å². The maximum Gasteiger partial charge on any atom is 0.315 e. The summed E-state index contributed by atoms with van der Waals surface area (Å²) in [5.41, 5.74) is 1.73. The minimum Gasteiger partial charge on any atom is -0.494 e. The standard InChI is InChI=1S/C20H25FN2O2/c1-13(2)19(15-8-6-5-7-9-15)23-20(24)22-14(3)16-10-11-18(25-4)17(21)12-16/h5-14,19H,1-4H3,(H2,22,23,24)/t14-,19-/m1/s1. The summed E-state index contributed by atoms with van der Waals surface area (Å²) < 4.78 is 18.7. The summed E-state index contributed by atoms with van der Waals surface area (Å²) in [5.74, 6) is -0.0235. The second-order valence-electron chi connectivity index (χ2n) is 6.37. The average Bonchev–Trinajstić information content (AvgIpc) is 2.60. The van der Waals surface area contributed by atoms with Crippen LogP contribution >= 0.6 is 0 Å². The molecule has 0 heterocycles. The summed E-state index contributed by atoms with van der Waals surface area (Å²) in [6, 6.07) is 13.8. The third kappa shape index (κ3) is 4.95. The largest absolute Gasteiger partial charge is 0.494 e. The maximum atomic E-state index is 13.8. The van der Waals surface area contributed by atoms with Gasteiger partial charge in [-0.15, -0.1) is 0 Å². The van der Waals surface area contributed by atoms with Crippen LogP contribution in [0.2, 0.25) is 0 Å². The zero-order valence-corrected chi connectivity index (χ0v) is 15.0. The average molecular weight is 344 g/mol. The first-order chi connectivity index (χ1) is 11.9.